The molecule has 1 aromatic heterocycles. The molecule has 5 aromatic rings. The van der Waals surface area contributed by atoms with Crippen LogP contribution in [0.15, 0.2) is 97.1 Å². The molecule has 5 heteroatoms. The number of nitrogens with zero attached hydrogens (tertiary/aromatic N) is 3. The van der Waals surface area contributed by atoms with Crippen molar-refractivity contribution in [3.8, 4) is 5.75 Å². The van der Waals surface area contributed by atoms with Crippen LogP contribution in [-0.4, -0.2) is 28.6 Å². The van der Waals surface area contributed by atoms with E-state index in [0.717, 1.165) is 41.3 Å². The van der Waals surface area contributed by atoms with Crippen molar-refractivity contribution in [1.29, 1.82) is 0 Å². The molecule has 1 fully saturated rings. The number of imidazole rings is 1. The SMILES string of the molecule is O=C1CC(c2nc3ccccc3n2CCCOc2ccc3ccccc3c2)CN1c1ccccc1. The summed E-state index contributed by atoms with van der Waals surface area (Å²) in [5, 5.41) is 2.40. The van der Waals surface area contributed by atoms with Crippen LogP contribution in [-0.2, 0) is 11.3 Å². The third kappa shape index (κ3) is 4.26. The van der Waals surface area contributed by atoms with Crippen LogP contribution in [0.3, 0.4) is 0 Å². The minimum atomic E-state index is 0.0662. The predicted octanol–water partition coefficient (Wildman–Crippen LogP) is 6.18. The Morgan fingerprint density at radius 1 is 0.857 bits per heavy atom. The number of ether oxygens (including phenoxy) is 1. The standard InChI is InChI=1S/C30H27N3O2/c34-29-20-24(21-33(29)25-11-2-1-3-12-25)30-31-27-13-6-7-14-28(27)32(30)17-8-18-35-26-16-15-22-9-4-5-10-23(22)19-26/h1-7,9-16,19,24H,8,17-18,20-21H2. The van der Waals surface area contributed by atoms with Gasteiger partial charge in [0.25, 0.3) is 0 Å². The number of benzene rings is 4. The van der Waals surface area contributed by atoms with E-state index in [0.29, 0.717) is 19.6 Å². The lowest BCUT2D eigenvalue weighted by Gasteiger charge is -2.17. The molecule has 0 spiro atoms. The molecule has 174 valence electrons. The molecule has 1 aliphatic heterocycles. The van der Waals surface area contributed by atoms with Crippen molar-refractivity contribution < 1.29 is 9.53 Å². The van der Waals surface area contributed by atoms with Crippen molar-refractivity contribution >= 4 is 33.4 Å². The molecule has 0 aliphatic carbocycles. The first-order chi connectivity index (χ1) is 17.3. The lowest BCUT2D eigenvalue weighted by atomic mass is 10.1. The number of aromatic nitrogens is 2. The van der Waals surface area contributed by atoms with E-state index in [-0.39, 0.29) is 11.8 Å². The fourth-order valence-corrected chi connectivity index (χ4v) is 5.05. The molecular weight excluding hydrogens is 434 g/mol. The van der Waals surface area contributed by atoms with Crippen LogP contribution >= 0.6 is 0 Å². The molecule has 4 aromatic carbocycles. The molecule has 1 aliphatic rings. The van der Waals surface area contributed by atoms with E-state index in [1.165, 1.54) is 10.8 Å². The summed E-state index contributed by atoms with van der Waals surface area (Å²) >= 11 is 0. The van der Waals surface area contributed by atoms with Crippen molar-refractivity contribution in [2.24, 2.45) is 0 Å². The number of amides is 1. The van der Waals surface area contributed by atoms with Gasteiger partial charge >= 0.3 is 0 Å². The van der Waals surface area contributed by atoms with Crippen LogP contribution in [0, 0.1) is 0 Å². The second kappa shape index (κ2) is 9.26. The maximum absolute atomic E-state index is 12.9. The Morgan fingerprint density at radius 2 is 1.63 bits per heavy atom. The van der Waals surface area contributed by atoms with Gasteiger partial charge in [-0.05, 0) is 53.6 Å². The van der Waals surface area contributed by atoms with Crippen molar-refractivity contribution in [3.05, 3.63) is 103 Å². The number of fused-ring (bicyclic) bond motifs is 2. The monoisotopic (exact) mass is 461 g/mol. The highest BCUT2D eigenvalue weighted by atomic mass is 16.5. The van der Waals surface area contributed by atoms with E-state index in [1.54, 1.807) is 0 Å². The maximum Gasteiger partial charge on any atom is 0.227 e. The Morgan fingerprint density at radius 3 is 2.51 bits per heavy atom. The number of anilines is 1. The number of carbonyl (C=O) groups excluding carboxylic acids is 1. The first-order valence-corrected chi connectivity index (χ1v) is 12.2. The topological polar surface area (TPSA) is 47.4 Å². The molecular formula is C30H27N3O2. The summed E-state index contributed by atoms with van der Waals surface area (Å²) < 4.78 is 8.37. The molecule has 1 saturated heterocycles. The van der Waals surface area contributed by atoms with Crippen LogP contribution in [0.1, 0.15) is 24.6 Å². The first kappa shape index (κ1) is 21.4. The van der Waals surface area contributed by atoms with Crippen molar-refractivity contribution in [2.75, 3.05) is 18.1 Å². The van der Waals surface area contributed by atoms with Crippen LogP contribution < -0.4 is 9.64 Å². The van der Waals surface area contributed by atoms with Crippen LogP contribution in [0.25, 0.3) is 21.8 Å². The Labute approximate surface area is 204 Å². The van der Waals surface area contributed by atoms with Crippen LogP contribution in [0.4, 0.5) is 5.69 Å². The Balaban J connectivity index is 1.19. The summed E-state index contributed by atoms with van der Waals surface area (Å²) in [5.41, 5.74) is 3.04. The van der Waals surface area contributed by atoms with Gasteiger partial charge in [0.1, 0.15) is 11.6 Å². The molecule has 0 N–H and O–H groups in total. The van der Waals surface area contributed by atoms with Gasteiger partial charge in [0.05, 0.1) is 17.6 Å². The summed E-state index contributed by atoms with van der Waals surface area (Å²) in [6.45, 7) is 2.06. The Bertz CT molecular complexity index is 1490. The highest BCUT2D eigenvalue weighted by Crippen LogP contribution is 2.33. The minimum Gasteiger partial charge on any atom is -0.494 e. The summed E-state index contributed by atoms with van der Waals surface area (Å²) in [6, 6.07) is 32.7. The minimum absolute atomic E-state index is 0.0662. The summed E-state index contributed by atoms with van der Waals surface area (Å²) in [5.74, 6) is 2.10. The van der Waals surface area contributed by atoms with Gasteiger partial charge < -0.3 is 14.2 Å². The highest BCUT2D eigenvalue weighted by Gasteiger charge is 2.34. The van der Waals surface area contributed by atoms with Gasteiger partial charge in [0.2, 0.25) is 5.91 Å². The van der Waals surface area contributed by atoms with Crippen LogP contribution in [0.5, 0.6) is 5.75 Å². The zero-order chi connectivity index (χ0) is 23.6. The Kier molecular flexibility index (Phi) is 5.67. The quantitative estimate of drug-likeness (QED) is 0.272. The van der Waals surface area contributed by atoms with Crippen LogP contribution in [0.2, 0.25) is 0 Å². The molecule has 0 saturated carbocycles. The molecule has 6 rings (SSSR count). The van der Waals surface area contributed by atoms with Gasteiger partial charge in [0.15, 0.2) is 0 Å². The van der Waals surface area contributed by atoms with E-state index < -0.39 is 0 Å². The molecule has 1 unspecified atom stereocenters. The number of aryl methyl sites for hydroxylation is 1. The zero-order valence-corrected chi connectivity index (χ0v) is 19.5. The normalized spacial score (nSPS) is 15.8. The fourth-order valence-electron chi connectivity index (χ4n) is 5.05. The average molecular weight is 462 g/mol. The third-order valence-electron chi connectivity index (χ3n) is 6.76. The zero-order valence-electron chi connectivity index (χ0n) is 19.5. The van der Waals surface area contributed by atoms with E-state index in [4.69, 9.17) is 9.72 Å². The predicted molar refractivity (Wildman–Crippen MR) is 140 cm³/mol. The van der Waals surface area contributed by atoms with E-state index in [9.17, 15) is 4.79 Å². The number of hydrogen-bond acceptors (Lipinski definition) is 3. The number of para-hydroxylation sites is 3. The van der Waals surface area contributed by atoms with Gasteiger partial charge in [-0.3, -0.25) is 4.79 Å². The van der Waals surface area contributed by atoms with E-state index in [2.05, 4.69) is 34.9 Å². The molecule has 5 nitrogen and oxygen atoms in total. The average Bonchev–Trinajstić information content (AvgIpc) is 3.47. The largest absolute Gasteiger partial charge is 0.494 e. The van der Waals surface area contributed by atoms with Gasteiger partial charge in [0, 0.05) is 31.1 Å². The summed E-state index contributed by atoms with van der Waals surface area (Å²) in [7, 11) is 0. The highest BCUT2D eigenvalue weighted by molar-refractivity contribution is 5.96. The lowest BCUT2D eigenvalue weighted by Crippen LogP contribution is -2.24. The summed E-state index contributed by atoms with van der Waals surface area (Å²) in [6.07, 6.45) is 1.33. The molecule has 0 radical (unpaired) electrons. The lowest BCUT2D eigenvalue weighted by molar-refractivity contribution is -0.117. The summed E-state index contributed by atoms with van der Waals surface area (Å²) in [4.78, 5) is 19.7. The van der Waals surface area contributed by atoms with Gasteiger partial charge in [-0.2, -0.15) is 0 Å². The molecule has 35 heavy (non-hydrogen) atoms. The molecule has 2 heterocycles. The number of hydrogen-bond donors (Lipinski definition) is 0. The van der Waals surface area contributed by atoms with Crippen molar-refractivity contribution in [3.63, 3.8) is 0 Å². The van der Waals surface area contributed by atoms with E-state index >= 15 is 0 Å². The Hall–Kier alpha value is -4.12. The van der Waals surface area contributed by atoms with E-state index in [1.807, 2.05) is 71.6 Å². The smallest absolute Gasteiger partial charge is 0.227 e. The second-order valence-electron chi connectivity index (χ2n) is 9.06. The second-order valence-corrected chi connectivity index (χ2v) is 9.06. The fraction of sp³-hybridized carbons (Fsp3) is 0.200. The molecule has 1 amide bonds. The number of rotatable bonds is 7. The van der Waals surface area contributed by atoms with Gasteiger partial charge in [-0.25, -0.2) is 4.98 Å². The maximum atomic E-state index is 12.9. The number of carbonyl (C=O) groups is 1. The third-order valence-corrected chi connectivity index (χ3v) is 6.76. The first-order valence-electron chi connectivity index (χ1n) is 12.2. The van der Waals surface area contributed by atoms with Crippen molar-refractivity contribution in [2.45, 2.75) is 25.3 Å². The molecule has 0 bridgehead atoms. The molecule has 1 atom stereocenters. The van der Waals surface area contributed by atoms with Gasteiger partial charge in [-0.15, -0.1) is 0 Å². The van der Waals surface area contributed by atoms with Crippen molar-refractivity contribution in [1.82, 2.24) is 9.55 Å². The van der Waals surface area contributed by atoms with Gasteiger partial charge in [-0.1, -0.05) is 60.7 Å².